The summed E-state index contributed by atoms with van der Waals surface area (Å²) >= 11 is 7.80. The summed E-state index contributed by atoms with van der Waals surface area (Å²) in [5, 5.41) is 0. The number of rotatable bonds is 1. The molecule has 1 fully saturated rings. The molecule has 0 aromatic carbocycles. The molecule has 0 N–H and O–H groups in total. The molecule has 58 valence electrons. The second-order valence-corrected chi connectivity index (χ2v) is 4.48. The van der Waals surface area contributed by atoms with Crippen LogP contribution in [-0.4, -0.2) is 10.5 Å². The standard InChI is InChI=1S/C8H9ClNS/c9-8-7(6-11-8)10-4-2-1-3-5-10/h1-5,7-8H,6H2/q+1. The monoisotopic (exact) mass is 186 g/mol. The van der Waals surface area contributed by atoms with Gasteiger partial charge in [-0.15, -0.1) is 23.4 Å². The van der Waals surface area contributed by atoms with E-state index in [0.717, 1.165) is 5.75 Å². The molecule has 0 amide bonds. The summed E-state index contributed by atoms with van der Waals surface area (Å²) in [4.78, 5) is 0. The molecule has 2 atom stereocenters. The first-order valence-electron chi connectivity index (χ1n) is 3.59. The molecule has 1 aromatic heterocycles. The van der Waals surface area contributed by atoms with E-state index in [1.54, 1.807) is 0 Å². The Morgan fingerprint density at radius 1 is 1.27 bits per heavy atom. The Labute approximate surface area is 75.4 Å². The van der Waals surface area contributed by atoms with Crippen molar-refractivity contribution in [2.24, 2.45) is 0 Å². The summed E-state index contributed by atoms with van der Waals surface area (Å²) in [6.45, 7) is 0. The van der Waals surface area contributed by atoms with Crippen LogP contribution in [0.3, 0.4) is 0 Å². The number of thioether (sulfide) groups is 1. The summed E-state index contributed by atoms with van der Waals surface area (Å²) in [6, 6.07) is 6.59. The molecule has 0 bridgehead atoms. The van der Waals surface area contributed by atoms with Gasteiger partial charge in [-0.3, -0.25) is 0 Å². The fourth-order valence-electron chi connectivity index (χ4n) is 1.11. The van der Waals surface area contributed by atoms with Crippen LogP contribution < -0.4 is 4.57 Å². The van der Waals surface area contributed by atoms with Crippen LogP contribution in [0.5, 0.6) is 0 Å². The molecule has 1 aliphatic heterocycles. The van der Waals surface area contributed by atoms with Crippen molar-refractivity contribution >= 4 is 23.4 Å². The molecule has 1 aliphatic rings. The molecular weight excluding hydrogens is 178 g/mol. The fourth-order valence-corrected chi connectivity index (χ4v) is 2.50. The lowest BCUT2D eigenvalue weighted by Gasteiger charge is -2.25. The van der Waals surface area contributed by atoms with E-state index in [2.05, 4.69) is 17.0 Å². The summed E-state index contributed by atoms with van der Waals surface area (Å²) in [7, 11) is 0. The topological polar surface area (TPSA) is 3.88 Å². The maximum absolute atomic E-state index is 5.99. The molecule has 0 radical (unpaired) electrons. The first kappa shape index (κ1) is 7.44. The second-order valence-electron chi connectivity index (χ2n) is 2.57. The molecule has 1 aromatic rings. The van der Waals surface area contributed by atoms with Gasteiger partial charge in [0.2, 0.25) is 0 Å². The molecular formula is C8H9ClNS+. The van der Waals surface area contributed by atoms with E-state index in [-0.39, 0.29) is 4.71 Å². The zero-order chi connectivity index (χ0) is 7.68. The van der Waals surface area contributed by atoms with Gasteiger partial charge in [0.1, 0.15) is 4.71 Å². The molecule has 2 rings (SSSR count). The lowest BCUT2D eigenvalue weighted by atomic mass is 10.3. The Hall–Kier alpha value is -0.210. The SMILES string of the molecule is ClC1SCC1[n+]1ccccc1. The predicted molar refractivity (Wildman–Crippen MR) is 47.8 cm³/mol. The van der Waals surface area contributed by atoms with Crippen molar-refractivity contribution in [2.75, 3.05) is 5.75 Å². The maximum atomic E-state index is 5.99. The van der Waals surface area contributed by atoms with Crippen LogP contribution in [-0.2, 0) is 0 Å². The third-order valence-corrected chi connectivity index (χ3v) is 3.69. The number of alkyl halides is 1. The van der Waals surface area contributed by atoms with Crippen molar-refractivity contribution in [1.82, 2.24) is 0 Å². The van der Waals surface area contributed by atoms with Gasteiger partial charge in [-0.2, -0.15) is 4.57 Å². The maximum Gasteiger partial charge on any atom is 0.192 e. The number of halogens is 1. The number of nitrogens with zero attached hydrogens (tertiary/aromatic N) is 1. The largest absolute Gasteiger partial charge is 0.199 e. The molecule has 1 saturated heterocycles. The van der Waals surface area contributed by atoms with E-state index < -0.39 is 0 Å². The zero-order valence-electron chi connectivity index (χ0n) is 5.98. The number of hydrogen-bond acceptors (Lipinski definition) is 1. The minimum atomic E-state index is 0.266. The normalized spacial score (nSPS) is 29.5. The van der Waals surface area contributed by atoms with E-state index in [4.69, 9.17) is 11.6 Å². The van der Waals surface area contributed by atoms with Crippen molar-refractivity contribution < 1.29 is 4.57 Å². The zero-order valence-corrected chi connectivity index (χ0v) is 7.55. The molecule has 0 saturated carbocycles. The van der Waals surface area contributed by atoms with Gasteiger partial charge in [-0.1, -0.05) is 6.07 Å². The molecule has 2 heterocycles. The van der Waals surface area contributed by atoms with Crippen LogP contribution in [0.2, 0.25) is 0 Å². The Morgan fingerprint density at radius 3 is 2.45 bits per heavy atom. The van der Waals surface area contributed by atoms with Gasteiger partial charge >= 0.3 is 0 Å². The minimum Gasteiger partial charge on any atom is -0.199 e. The van der Waals surface area contributed by atoms with Crippen LogP contribution in [0, 0.1) is 0 Å². The molecule has 0 aliphatic carbocycles. The number of hydrogen-bond donors (Lipinski definition) is 0. The highest BCUT2D eigenvalue weighted by Crippen LogP contribution is 2.37. The smallest absolute Gasteiger partial charge is 0.192 e. The van der Waals surface area contributed by atoms with Crippen LogP contribution in [0.4, 0.5) is 0 Å². The minimum absolute atomic E-state index is 0.266. The van der Waals surface area contributed by atoms with Crippen LogP contribution >= 0.6 is 23.4 Å². The average Bonchev–Trinajstić information content (AvgIpc) is 2.04. The first-order chi connectivity index (χ1) is 5.38. The van der Waals surface area contributed by atoms with E-state index in [1.165, 1.54) is 0 Å². The molecule has 0 spiro atoms. The van der Waals surface area contributed by atoms with Crippen molar-refractivity contribution in [3.63, 3.8) is 0 Å². The van der Waals surface area contributed by atoms with E-state index >= 15 is 0 Å². The van der Waals surface area contributed by atoms with Gasteiger partial charge in [-0.05, 0) is 0 Å². The van der Waals surface area contributed by atoms with Crippen molar-refractivity contribution in [2.45, 2.75) is 10.8 Å². The molecule has 2 unspecified atom stereocenters. The highest BCUT2D eigenvalue weighted by Gasteiger charge is 2.37. The number of aromatic nitrogens is 1. The van der Waals surface area contributed by atoms with Gasteiger partial charge in [0.15, 0.2) is 18.4 Å². The highest BCUT2D eigenvalue weighted by molar-refractivity contribution is 8.02. The van der Waals surface area contributed by atoms with Gasteiger partial charge in [-0.25, -0.2) is 0 Å². The lowest BCUT2D eigenvalue weighted by molar-refractivity contribution is -0.718. The van der Waals surface area contributed by atoms with Crippen LogP contribution in [0.15, 0.2) is 30.6 Å². The first-order valence-corrected chi connectivity index (χ1v) is 5.08. The van der Waals surface area contributed by atoms with E-state index in [1.807, 2.05) is 30.0 Å². The van der Waals surface area contributed by atoms with E-state index in [0.29, 0.717) is 6.04 Å². The highest BCUT2D eigenvalue weighted by atomic mass is 35.5. The Kier molecular flexibility index (Phi) is 2.05. The quantitative estimate of drug-likeness (QED) is 0.478. The average molecular weight is 187 g/mol. The van der Waals surface area contributed by atoms with Crippen LogP contribution in [0.1, 0.15) is 6.04 Å². The van der Waals surface area contributed by atoms with Gasteiger partial charge in [0.25, 0.3) is 0 Å². The second kappa shape index (κ2) is 3.03. The van der Waals surface area contributed by atoms with Crippen LogP contribution in [0.25, 0.3) is 0 Å². The summed E-state index contributed by atoms with van der Waals surface area (Å²) in [6.07, 6.45) is 4.14. The molecule has 11 heavy (non-hydrogen) atoms. The van der Waals surface area contributed by atoms with Gasteiger partial charge in [0.05, 0.1) is 5.75 Å². The van der Waals surface area contributed by atoms with Gasteiger partial charge in [0, 0.05) is 12.1 Å². The Morgan fingerprint density at radius 2 is 2.00 bits per heavy atom. The number of pyridine rings is 1. The van der Waals surface area contributed by atoms with Crippen molar-refractivity contribution in [3.05, 3.63) is 30.6 Å². The summed E-state index contributed by atoms with van der Waals surface area (Å²) in [5.41, 5.74) is 0. The van der Waals surface area contributed by atoms with Crippen molar-refractivity contribution in [3.8, 4) is 0 Å². The van der Waals surface area contributed by atoms with E-state index in [9.17, 15) is 0 Å². The summed E-state index contributed by atoms with van der Waals surface area (Å²) < 4.78 is 2.44. The third kappa shape index (κ3) is 1.37. The lowest BCUT2D eigenvalue weighted by Crippen LogP contribution is -2.49. The third-order valence-electron chi connectivity index (χ3n) is 1.85. The molecule has 1 nitrogen and oxygen atoms in total. The van der Waals surface area contributed by atoms with Gasteiger partial charge < -0.3 is 0 Å². The summed E-state index contributed by atoms with van der Waals surface area (Å²) in [5.74, 6) is 1.14. The predicted octanol–water partition coefficient (Wildman–Crippen LogP) is 1.83. The van der Waals surface area contributed by atoms with Crippen molar-refractivity contribution in [1.29, 1.82) is 0 Å². The Bertz CT molecular complexity index is 239. The fraction of sp³-hybridized carbons (Fsp3) is 0.375. The Balaban J connectivity index is 2.17. The molecule has 3 heteroatoms.